The highest BCUT2D eigenvalue weighted by molar-refractivity contribution is 7.99. The monoisotopic (exact) mass is 342 g/mol. The third-order valence-electron chi connectivity index (χ3n) is 4.08. The second-order valence-corrected chi connectivity index (χ2v) is 6.96. The zero-order chi connectivity index (χ0) is 16.9. The predicted octanol–water partition coefficient (Wildman–Crippen LogP) is 2.51. The zero-order valence-corrected chi connectivity index (χ0v) is 14.9. The number of carbonyl (C=O) groups is 1. The van der Waals surface area contributed by atoms with Crippen LogP contribution in [0.4, 0.5) is 5.82 Å². The maximum absolute atomic E-state index is 12.2. The Hall–Kier alpha value is -1.92. The Morgan fingerprint density at radius 1 is 1.12 bits per heavy atom. The Bertz CT molecular complexity index is 699. The number of Topliss-reactive ketones (excluding diaryl/α,β-unsaturated/α-hetero) is 1. The molecule has 0 bridgehead atoms. The van der Waals surface area contributed by atoms with Crippen molar-refractivity contribution in [3.8, 4) is 0 Å². The van der Waals surface area contributed by atoms with Crippen molar-refractivity contribution >= 4 is 23.4 Å². The molecule has 1 fully saturated rings. The summed E-state index contributed by atoms with van der Waals surface area (Å²) in [5.41, 5.74) is 1.67. The third kappa shape index (κ3) is 4.33. The van der Waals surface area contributed by atoms with Gasteiger partial charge in [0.05, 0.1) is 5.75 Å². The fourth-order valence-electron chi connectivity index (χ4n) is 2.62. The quantitative estimate of drug-likeness (QED) is 0.473. The molecular formula is C18H22N4OS. The topological polar surface area (TPSA) is 49.3 Å². The molecule has 3 rings (SSSR count). The number of likely N-dealkylation sites (N-methyl/N-ethyl adjacent to an activating group) is 1. The van der Waals surface area contributed by atoms with Crippen molar-refractivity contribution in [3.63, 3.8) is 0 Å². The molecule has 2 heterocycles. The van der Waals surface area contributed by atoms with E-state index in [9.17, 15) is 4.79 Å². The van der Waals surface area contributed by atoms with Gasteiger partial charge in [-0.05, 0) is 14.0 Å². The van der Waals surface area contributed by atoms with E-state index in [1.54, 1.807) is 0 Å². The van der Waals surface area contributed by atoms with Crippen LogP contribution in [0.3, 0.4) is 0 Å². The van der Waals surface area contributed by atoms with Gasteiger partial charge in [0.25, 0.3) is 0 Å². The summed E-state index contributed by atoms with van der Waals surface area (Å²) in [5, 5.41) is 0.674. The number of thioether (sulfide) groups is 1. The number of nitrogens with zero attached hydrogens (tertiary/aromatic N) is 4. The van der Waals surface area contributed by atoms with Crippen LogP contribution in [0.25, 0.3) is 0 Å². The van der Waals surface area contributed by atoms with Gasteiger partial charge in [0, 0.05) is 43.5 Å². The highest BCUT2D eigenvalue weighted by atomic mass is 32.2. The van der Waals surface area contributed by atoms with Crippen LogP contribution in [-0.4, -0.2) is 59.6 Å². The van der Waals surface area contributed by atoms with Gasteiger partial charge >= 0.3 is 0 Å². The summed E-state index contributed by atoms with van der Waals surface area (Å²) in [7, 11) is 2.14. The van der Waals surface area contributed by atoms with Crippen LogP contribution in [0.5, 0.6) is 0 Å². The molecular weight excluding hydrogens is 320 g/mol. The minimum Gasteiger partial charge on any atom is -0.354 e. The molecule has 0 unspecified atom stereocenters. The molecule has 1 aromatic carbocycles. The van der Waals surface area contributed by atoms with Gasteiger partial charge in [0.1, 0.15) is 5.82 Å². The minimum absolute atomic E-state index is 0.104. The SMILES string of the molecule is Cc1cc(N2CCN(C)CC2)nc(SCC(=O)c2ccccc2)n1. The normalized spacial score (nSPS) is 15.5. The van der Waals surface area contributed by atoms with Gasteiger partial charge in [-0.2, -0.15) is 0 Å². The molecule has 1 saturated heterocycles. The number of rotatable bonds is 5. The first-order valence-electron chi connectivity index (χ1n) is 8.12. The van der Waals surface area contributed by atoms with Crippen LogP contribution < -0.4 is 4.90 Å². The Morgan fingerprint density at radius 2 is 1.83 bits per heavy atom. The number of aryl methyl sites for hydroxylation is 1. The lowest BCUT2D eigenvalue weighted by molar-refractivity contribution is 0.102. The molecule has 1 aliphatic rings. The third-order valence-corrected chi connectivity index (χ3v) is 4.92. The van der Waals surface area contributed by atoms with Crippen LogP contribution in [-0.2, 0) is 0 Å². The molecule has 126 valence electrons. The zero-order valence-electron chi connectivity index (χ0n) is 14.1. The molecule has 1 aliphatic heterocycles. The summed E-state index contributed by atoms with van der Waals surface area (Å²) in [6, 6.07) is 11.4. The second kappa shape index (κ2) is 7.77. The summed E-state index contributed by atoms with van der Waals surface area (Å²) in [6.07, 6.45) is 0. The van der Waals surface area contributed by atoms with Crippen molar-refractivity contribution in [2.24, 2.45) is 0 Å². The van der Waals surface area contributed by atoms with Gasteiger partial charge in [-0.25, -0.2) is 9.97 Å². The van der Waals surface area contributed by atoms with Gasteiger partial charge in [-0.15, -0.1) is 0 Å². The molecule has 0 amide bonds. The van der Waals surface area contributed by atoms with E-state index in [-0.39, 0.29) is 5.78 Å². The Balaban J connectivity index is 1.66. The number of ketones is 1. The smallest absolute Gasteiger partial charge is 0.190 e. The van der Waals surface area contributed by atoms with E-state index >= 15 is 0 Å². The van der Waals surface area contributed by atoms with Crippen molar-refractivity contribution in [2.45, 2.75) is 12.1 Å². The highest BCUT2D eigenvalue weighted by Crippen LogP contribution is 2.21. The van der Waals surface area contributed by atoms with Gasteiger partial charge in [0.15, 0.2) is 10.9 Å². The van der Waals surface area contributed by atoms with Gasteiger partial charge < -0.3 is 9.80 Å². The Morgan fingerprint density at radius 3 is 2.54 bits per heavy atom. The van der Waals surface area contributed by atoms with Crippen LogP contribution >= 0.6 is 11.8 Å². The molecule has 0 radical (unpaired) electrons. The lowest BCUT2D eigenvalue weighted by Gasteiger charge is -2.33. The highest BCUT2D eigenvalue weighted by Gasteiger charge is 2.17. The van der Waals surface area contributed by atoms with Crippen molar-refractivity contribution in [1.29, 1.82) is 0 Å². The molecule has 5 nitrogen and oxygen atoms in total. The molecule has 2 aromatic rings. The largest absolute Gasteiger partial charge is 0.354 e. The molecule has 0 atom stereocenters. The fraction of sp³-hybridized carbons (Fsp3) is 0.389. The summed E-state index contributed by atoms with van der Waals surface area (Å²) < 4.78 is 0. The first-order chi connectivity index (χ1) is 11.6. The first-order valence-corrected chi connectivity index (χ1v) is 9.10. The number of carbonyl (C=O) groups excluding carboxylic acids is 1. The van der Waals surface area contributed by atoms with E-state index in [1.165, 1.54) is 11.8 Å². The van der Waals surface area contributed by atoms with Gasteiger partial charge in [-0.3, -0.25) is 4.79 Å². The molecule has 0 N–H and O–H groups in total. The van der Waals surface area contributed by atoms with Gasteiger partial charge in [0.2, 0.25) is 0 Å². The number of anilines is 1. The number of benzene rings is 1. The summed E-state index contributed by atoms with van der Waals surface area (Å²) in [6.45, 7) is 6.00. The standard InChI is InChI=1S/C18H22N4OS/c1-14-12-17(22-10-8-21(2)9-11-22)20-18(19-14)24-13-16(23)15-6-4-3-5-7-15/h3-7,12H,8-11,13H2,1-2H3. The molecule has 6 heteroatoms. The lowest BCUT2D eigenvalue weighted by atomic mass is 10.2. The van der Waals surface area contributed by atoms with E-state index < -0.39 is 0 Å². The van der Waals surface area contributed by atoms with E-state index in [4.69, 9.17) is 0 Å². The van der Waals surface area contributed by atoms with Gasteiger partial charge in [-0.1, -0.05) is 42.1 Å². The van der Waals surface area contributed by atoms with E-state index in [0.29, 0.717) is 10.9 Å². The summed E-state index contributed by atoms with van der Waals surface area (Å²) in [4.78, 5) is 26.0. The summed E-state index contributed by atoms with van der Waals surface area (Å²) in [5.74, 6) is 1.42. The molecule has 1 aromatic heterocycles. The maximum atomic E-state index is 12.2. The van der Waals surface area contributed by atoms with E-state index in [0.717, 1.165) is 43.3 Å². The van der Waals surface area contributed by atoms with Crippen LogP contribution in [0.1, 0.15) is 16.1 Å². The van der Waals surface area contributed by atoms with E-state index in [1.807, 2.05) is 43.3 Å². The number of piperazine rings is 1. The molecule has 0 saturated carbocycles. The molecule has 0 spiro atoms. The van der Waals surface area contributed by atoms with Crippen molar-refractivity contribution < 1.29 is 4.79 Å². The second-order valence-electron chi connectivity index (χ2n) is 6.02. The van der Waals surface area contributed by atoms with Crippen LogP contribution in [0.15, 0.2) is 41.6 Å². The van der Waals surface area contributed by atoms with Crippen LogP contribution in [0.2, 0.25) is 0 Å². The average molecular weight is 342 g/mol. The number of hydrogen-bond donors (Lipinski definition) is 0. The maximum Gasteiger partial charge on any atom is 0.190 e. The first kappa shape index (κ1) is 16.9. The lowest BCUT2D eigenvalue weighted by Crippen LogP contribution is -2.44. The Labute approximate surface area is 147 Å². The van der Waals surface area contributed by atoms with E-state index in [2.05, 4.69) is 26.8 Å². The Kier molecular flexibility index (Phi) is 5.48. The van der Waals surface area contributed by atoms with Crippen molar-refractivity contribution in [1.82, 2.24) is 14.9 Å². The number of hydrogen-bond acceptors (Lipinski definition) is 6. The minimum atomic E-state index is 0.104. The van der Waals surface area contributed by atoms with Crippen LogP contribution in [0, 0.1) is 6.92 Å². The fourth-order valence-corrected chi connectivity index (χ4v) is 3.42. The average Bonchev–Trinajstić information content (AvgIpc) is 2.60. The van der Waals surface area contributed by atoms with Crippen molar-refractivity contribution in [2.75, 3.05) is 43.9 Å². The van der Waals surface area contributed by atoms with Crippen molar-refractivity contribution in [3.05, 3.63) is 47.7 Å². The summed E-state index contributed by atoms with van der Waals surface area (Å²) >= 11 is 1.41. The molecule has 0 aliphatic carbocycles. The molecule has 24 heavy (non-hydrogen) atoms. The predicted molar refractivity (Wildman–Crippen MR) is 98.0 cm³/mol. The number of aromatic nitrogens is 2.